The van der Waals surface area contributed by atoms with Crippen LogP contribution in [-0.4, -0.2) is 37.1 Å². The predicted octanol–water partition coefficient (Wildman–Crippen LogP) is 2.89. The second-order valence-electron chi connectivity index (χ2n) is 6.37. The van der Waals surface area contributed by atoms with E-state index in [1.165, 1.54) is 51.6 Å². The van der Waals surface area contributed by atoms with Crippen LogP contribution in [0.25, 0.3) is 0 Å². The summed E-state index contributed by atoms with van der Waals surface area (Å²) < 4.78 is 0. The first-order valence-corrected chi connectivity index (χ1v) is 7.64. The minimum Gasteiger partial charge on any atom is -0.314 e. The van der Waals surface area contributed by atoms with Crippen molar-refractivity contribution in [2.24, 2.45) is 11.8 Å². The predicted molar refractivity (Wildman–Crippen MR) is 74.2 cm³/mol. The fourth-order valence-electron chi connectivity index (χ4n) is 3.24. The molecule has 0 aromatic rings. The molecule has 2 nitrogen and oxygen atoms in total. The summed E-state index contributed by atoms with van der Waals surface area (Å²) in [5.74, 6) is 2.01. The monoisotopic (exact) mass is 238 g/mol. The van der Waals surface area contributed by atoms with Gasteiger partial charge >= 0.3 is 0 Å². The van der Waals surface area contributed by atoms with Gasteiger partial charge in [0.05, 0.1) is 0 Å². The average Bonchev–Trinajstić information content (AvgIpc) is 3.03. The zero-order chi connectivity index (χ0) is 12.3. The lowest BCUT2D eigenvalue weighted by atomic mass is 9.90. The Morgan fingerprint density at radius 2 is 1.82 bits per heavy atom. The van der Waals surface area contributed by atoms with Crippen LogP contribution in [0.5, 0.6) is 0 Å². The number of hydrogen-bond acceptors (Lipinski definition) is 2. The zero-order valence-electron chi connectivity index (χ0n) is 11.9. The van der Waals surface area contributed by atoms with Gasteiger partial charge in [0.15, 0.2) is 0 Å². The quantitative estimate of drug-likeness (QED) is 0.765. The number of rotatable bonds is 6. The normalized spacial score (nSPS) is 37.4. The van der Waals surface area contributed by atoms with Gasteiger partial charge in [0.2, 0.25) is 0 Å². The Morgan fingerprint density at radius 3 is 2.35 bits per heavy atom. The molecule has 0 heterocycles. The minimum atomic E-state index is 0.805. The van der Waals surface area contributed by atoms with Crippen LogP contribution in [0, 0.1) is 11.8 Å². The van der Waals surface area contributed by atoms with Crippen LogP contribution in [0.3, 0.4) is 0 Å². The van der Waals surface area contributed by atoms with E-state index in [0.29, 0.717) is 0 Å². The molecule has 0 radical (unpaired) electrons. The molecule has 2 fully saturated rings. The fraction of sp³-hybridized carbons (Fsp3) is 1.00. The molecule has 0 amide bonds. The van der Waals surface area contributed by atoms with Crippen molar-refractivity contribution in [2.75, 3.05) is 20.1 Å². The topological polar surface area (TPSA) is 15.3 Å². The van der Waals surface area contributed by atoms with Crippen LogP contribution in [0.4, 0.5) is 0 Å². The number of hydrogen-bond donors (Lipinski definition) is 1. The molecule has 2 atom stereocenters. The SMILES string of the molecule is CCCNC1CCC(N(C)CC2CC2C)CC1. The van der Waals surface area contributed by atoms with E-state index >= 15 is 0 Å². The van der Waals surface area contributed by atoms with Crippen molar-refractivity contribution in [2.45, 2.75) is 64.5 Å². The van der Waals surface area contributed by atoms with Crippen molar-refractivity contribution in [3.05, 3.63) is 0 Å². The summed E-state index contributed by atoms with van der Waals surface area (Å²) in [6.45, 7) is 7.19. The first kappa shape index (κ1) is 13.4. The summed E-state index contributed by atoms with van der Waals surface area (Å²) in [6, 6.07) is 1.67. The van der Waals surface area contributed by atoms with Crippen molar-refractivity contribution in [3.8, 4) is 0 Å². The molecular weight excluding hydrogens is 208 g/mol. The summed E-state index contributed by atoms with van der Waals surface area (Å²) in [5.41, 5.74) is 0. The van der Waals surface area contributed by atoms with Gasteiger partial charge in [0.1, 0.15) is 0 Å². The number of nitrogens with zero attached hydrogens (tertiary/aromatic N) is 1. The van der Waals surface area contributed by atoms with Crippen LogP contribution in [0.2, 0.25) is 0 Å². The fourth-order valence-corrected chi connectivity index (χ4v) is 3.24. The molecule has 0 aromatic heterocycles. The first-order valence-electron chi connectivity index (χ1n) is 7.64. The summed E-state index contributed by atoms with van der Waals surface area (Å²) in [6.07, 6.45) is 8.31. The molecule has 0 saturated heterocycles. The molecule has 2 saturated carbocycles. The largest absolute Gasteiger partial charge is 0.314 e. The molecule has 0 spiro atoms. The lowest BCUT2D eigenvalue weighted by molar-refractivity contribution is 0.167. The molecule has 17 heavy (non-hydrogen) atoms. The van der Waals surface area contributed by atoms with Crippen molar-refractivity contribution < 1.29 is 0 Å². The van der Waals surface area contributed by atoms with Gasteiger partial charge in [-0.05, 0) is 64.0 Å². The maximum atomic E-state index is 3.67. The maximum Gasteiger partial charge on any atom is 0.00934 e. The van der Waals surface area contributed by atoms with Crippen molar-refractivity contribution in [1.82, 2.24) is 10.2 Å². The van der Waals surface area contributed by atoms with Crippen LogP contribution >= 0.6 is 0 Å². The van der Waals surface area contributed by atoms with Gasteiger partial charge in [-0.25, -0.2) is 0 Å². The van der Waals surface area contributed by atoms with E-state index < -0.39 is 0 Å². The van der Waals surface area contributed by atoms with Gasteiger partial charge in [-0.15, -0.1) is 0 Å². The Labute approximate surface area is 107 Å². The lowest BCUT2D eigenvalue weighted by Crippen LogP contribution is -2.41. The second-order valence-corrected chi connectivity index (χ2v) is 6.37. The Hall–Kier alpha value is -0.0800. The van der Waals surface area contributed by atoms with Crippen LogP contribution in [-0.2, 0) is 0 Å². The molecule has 0 bridgehead atoms. The van der Waals surface area contributed by atoms with E-state index in [1.807, 2.05) is 0 Å². The maximum absolute atomic E-state index is 3.67. The Morgan fingerprint density at radius 1 is 1.18 bits per heavy atom. The highest BCUT2D eigenvalue weighted by molar-refractivity contribution is 4.88. The highest BCUT2D eigenvalue weighted by Crippen LogP contribution is 2.38. The zero-order valence-corrected chi connectivity index (χ0v) is 11.9. The van der Waals surface area contributed by atoms with Crippen molar-refractivity contribution in [3.63, 3.8) is 0 Å². The summed E-state index contributed by atoms with van der Waals surface area (Å²) >= 11 is 0. The Bertz CT molecular complexity index is 221. The Kier molecular flexibility index (Phi) is 4.87. The third-order valence-corrected chi connectivity index (χ3v) is 4.80. The molecule has 2 aliphatic rings. The summed E-state index contributed by atoms with van der Waals surface area (Å²) in [7, 11) is 2.34. The van der Waals surface area contributed by atoms with Crippen LogP contribution < -0.4 is 5.32 Å². The van der Waals surface area contributed by atoms with Crippen molar-refractivity contribution >= 4 is 0 Å². The highest BCUT2D eigenvalue weighted by Gasteiger charge is 2.35. The van der Waals surface area contributed by atoms with Crippen LogP contribution in [0.15, 0.2) is 0 Å². The standard InChI is InChI=1S/C15H30N2/c1-4-9-16-14-5-7-15(8-6-14)17(3)11-13-10-12(13)2/h12-16H,4-11H2,1-3H3. The number of nitrogens with one attached hydrogen (secondary N) is 1. The average molecular weight is 238 g/mol. The molecule has 2 unspecified atom stereocenters. The van der Waals surface area contributed by atoms with Crippen LogP contribution in [0.1, 0.15) is 52.4 Å². The molecule has 2 rings (SSSR count). The van der Waals surface area contributed by atoms with Gasteiger partial charge in [0.25, 0.3) is 0 Å². The molecular formula is C15H30N2. The van der Waals surface area contributed by atoms with Gasteiger partial charge in [0, 0.05) is 18.6 Å². The Balaban J connectivity index is 1.63. The molecule has 0 aromatic carbocycles. The van der Waals surface area contributed by atoms with E-state index in [1.54, 1.807) is 0 Å². The third-order valence-electron chi connectivity index (χ3n) is 4.80. The molecule has 2 heteroatoms. The van der Waals surface area contributed by atoms with Gasteiger partial charge in [-0.2, -0.15) is 0 Å². The first-order chi connectivity index (χ1) is 8.20. The molecule has 100 valence electrons. The van der Waals surface area contributed by atoms with E-state index in [-0.39, 0.29) is 0 Å². The molecule has 1 N–H and O–H groups in total. The van der Waals surface area contributed by atoms with Gasteiger partial charge in [-0.1, -0.05) is 13.8 Å². The van der Waals surface area contributed by atoms with Gasteiger partial charge in [-0.3, -0.25) is 0 Å². The van der Waals surface area contributed by atoms with Gasteiger partial charge < -0.3 is 10.2 Å². The lowest BCUT2D eigenvalue weighted by Gasteiger charge is -2.35. The van der Waals surface area contributed by atoms with Crippen molar-refractivity contribution in [1.29, 1.82) is 0 Å². The smallest absolute Gasteiger partial charge is 0.00934 e. The van der Waals surface area contributed by atoms with E-state index in [2.05, 4.69) is 31.1 Å². The third kappa shape index (κ3) is 3.96. The highest BCUT2D eigenvalue weighted by atomic mass is 15.1. The summed E-state index contributed by atoms with van der Waals surface area (Å²) in [4.78, 5) is 2.64. The second kappa shape index (κ2) is 6.19. The molecule has 2 aliphatic carbocycles. The minimum absolute atomic E-state index is 0.805. The van der Waals surface area contributed by atoms with E-state index in [0.717, 1.165) is 23.9 Å². The van der Waals surface area contributed by atoms with E-state index in [9.17, 15) is 0 Å². The van der Waals surface area contributed by atoms with E-state index in [4.69, 9.17) is 0 Å². The summed E-state index contributed by atoms with van der Waals surface area (Å²) in [5, 5.41) is 3.67. The molecule has 0 aliphatic heterocycles.